The molecule has 1 aromatic carbocycles. The molecular weight excluding hydrogens is 302 g/mol. The molecule has 1 heterocycles. The lowest BCUT2D eigenvalue weighted by molar-refractivity contribution is 0.465. The van der Waals surface area contributed by atoms with E-state index in [1.807, 2.05) is 18.2 Å². The van der Waals surface area contributed by atoms with Gasteiger partial charge in [0, 0.05) is 29.1 Å². The van der Waals surface area contributed by atoms with Crippen LogP contribution in [0.5, 0.6) is 0 Å². The Balaban J connectivity index is 1.68. The lowest BCUT2D eigenvalue weighted by Crippen LogP contribution is -2.26. The summed E-state index contributed by atoms with van der Waals surface area (Å²) in [6.07, 6.45) is 12.6. The maximum Gasteiger partial charge on any atom is 0.0484 e. The van der Waals surface area contributed by atoms with Gasteiger partial charge in [-0.1, -0.05) is 42.7 Å². The number of nitrogens with zero attached hydrogens (tertiary/aromatic N) is 1. The zero-order chi connectivity index (χ0) is 17.2. The van der Waals surface area contributed by atoms with Crippen LogP contribution in [0.3, 0.4) is 0 Å². The summed E-state index contributed by atoms with van der Waals surface area (Å²) >= 11 is 0. The molecule has 1 aromatic rings. The number of hydrogen-bond acceptors (Lipinski definition) is 1. The van der Waals surface area contributed by atoms with E-state index in [-0.39, 0.29) is 0 Å². The smallest absolute Gasteiger partial charge is 0.0484 e. The van der Waals surface area contributed by atoms with Crippen molar-refractivity contribution in [1.82, 2.24) is 4.90 Å². The number of hydrogen-bond donors (Lipinski definition) is 0. The van der Waals surface area contributed by atoms with E-state index in [1.165, 1.54) is 29.7 Å². The van der Waals surface area contributed by atoms with Gasteiger partial charge in [0.2, 0.25) is 0 Å². The van der Waals surface area contributed by atoms with Crippen molar-refractivity contribution in [3.63, 3.8) is 0 Å². The van der Waals surface area contributed by atoms with Crippen LogP contribution < -0.4 is 0 Å². The lowest BCUT2D eigenvalue weighted by atomic mass is 9.92. The lowest BCUT2D eigenvalue weighted by Gasteiger charge is -2.34. The van der Waals surface area contributed by atoms with Crippen molar-refractivity contribution in [2.24, 2.45) is 5.92 Å². The molecule has 3 aliphatic rings. The van der Waals surface area contributed by atoms with Crippen LogP contribution in [0.25, 0.3) is 0 Å². The molecule has 2 aliphatic carbocycles. The van der Waals surface area contributed by atoms with E-state index in [4.69, 9.17) is 0 Å². The van der Waals surface area contributed by atoms with Gasteiger partial charge in [0.1, 0.15) is 0 Å². The molecule has 1 aliphatic heterocycles. The molecule has 0 atom stereocenters. The Bertz CT molecular complexity index is 877. The van der Waals surface area contributed by atoms with Crippen molar-refractivity contribution >= 4 is 0 Å². The molecule has 124 valence electrons. The number of rotatable bonds is 2. The average Bonchev–Trinajstić information content (AvgIpc) is 3.48. The standard InChI is InChI=1S/C24H23N/c1-3-25-18(2)17-23(21-13-14-21)22-15-11-20(12-16-24(22)25)10-9-19-7-5-4-6-8-19/h4-8,12,15-17,21H,2-3,11,13-14H2,1H3. The van der Waals surface area contributed by atoms with Gasteiger partial charge in [-0.3, -0.25) is 0 Å². The summed E-state index contributed by atoms with van der Waals surface area (Å²) < 4.78 is 0. The molecule has 4 rings (SSSR count). The fourth-order valence-corrected chi connectivity index (χ4v) is 3.52. The Labute approximate surface area is 150 Å². The zero-order valence-electron chi connectivity index (χ0n) is 14.8. The zero-order valence-corrected chi connectivity index (χ0v) is 14.8. The number of benzene rings is 1. The second kappa shape index (κ2) is 6.65. The summed E-state index contributed by atoms with van der Waals surface area (Å²) in [5.74, 6) is 7.36. The summed E-state index contributed by atoms with van der Waals surface area (Å²) in [5, 5.41) is 0. The second-order valence-electron chi connectivity index (χ2n) is 6.79. The molecule has 25 heavy (non-hydrogen) atoms. The average molecular weight is 325 g/mol. The molecule has 0 spiro atoms. The van der Waals surface area contributed by atoms with Crippen LogP contribution in [0.15, 0.2) is 89.3 Å². The number of fused-ring (bicyclic) bond motifs is 1. The van der Waals surface area contributed by atoms with Crippen LogP contribution in [0.1, 0.15) is 31.7 Å². The van der Waals surface area contributed by atoms with Crippen molar-refractivity contribution in [2.45, 2.75) is 26.2 Å². The molecule has 1 heteroatoms. The summed E-state index contributed by atoms with van der Waals surface area (Å²) in [6.45, 7) is 7.40. The van der Waals surface area contributed by atoms with Crippen molar-refractivity contribution in [3.8, 4) is 11.8 Å². The van der Waals surface area contributed by atoms with Crippen LogP contribution in [0.2, 0.25) is 0 Å². The molecule has 1 saturated carbocycles. The molecule has 0 bridgehead atoms. The molecular formula is C24H23N. The van der Waals surface area contributed by atoms with Crippen LogP contribution >= 0.6 is 0 Å². The highest BCUT2D eigenvalue weighted by molar-refractivity contribution is 5.59. The van der Waals surface area contributed by atoms with Crippen molar-refractivity contribution in [3.05, 3.63) is 94.9 Å². The normalized spacial score (nSPS) is 19.6. The van der Waals surface area contributed by atoms with Gasteiger partial charge in [0.15, 0.2) is 0 Å². The Morgan fingerprint density at radius 1 is 1.12 bits per heavy atom. The quantitative estimate of drug-likeness (QED) is 0.661. The highest BCUT2D eigenvalue weighted by atomic mass is 15.1. The van der Waals surface area contributed by atoms with Gasteiger partial charge >= 0.3 is 0 Å². The molecule has 0 saturated heterocycles. The van der Waals surface area contributed by atoms with E-state index < -0.39 is 0 Å². The molecule has 1 fully saturated rings. The molecule has 0 N–H and O–H groups in total. The highest BCUT2D eigenvalue weighted by Crippen LogP contribution is 2.46. The van der Waals surface area contributed by atoms with Crippen molar-refractivity contribution < 1.29 is 0 Å². The molecule has 0 unspecified atom stereocenters. The number of likely N-dealkylation sites (N-methyl/N-ethyl adjacent to an activating group) is 1. The predicted molar refractivity (Wildman–Crippen MR) is 105 cm³/mol. The minimum atomic E-state index is 0.724. The third-order valence-electron chi connectivity index (χ3n) is 4.99. The Morgan fingerprint density at radius 2 is 1.92 bits per heavy atom. The fraction of sp³-hybridized carbons (Fsp3) is 0.250. The van der Waals surface area contributed by atoms with Crippen molar-refractivity contribution in [1.29, 1.82) is 0 Å². The van der Waals surface area contributed by atoms with E-state index in [0.717, 1.165) is 35.7 Å². The van der Waals surface area contributed by atoms with E-state index in [1.54, 1.807) is 0 Å². The minimum absolute atomic E-state index is 0.724. The summed E-state index contributed by atoms with van der Waals surface area (Å²) in [4.78, 5) is 2.31. The van der Waals surface area contributed by atoms with Gasteiger partial charge in [0.05, 0.1) is 0 Å². The molecule has 0 amide bonds. The fourth-order valence-electron chi connectivity index (χ4n) is 3.52. The summed E-state index contributed by atoms with van der Waals surface area (Å²) in [6, 6.07) is 10.2. The predicted octanol–water partition coefficient (Wildman–Crippen LogP) is 5.36. The number of allylic oxidation sites excluding steroid dienone is 6. The third-order valence-corrected chi connectivity index (χ3v) is 4.99. The largest absolute Gasteiger partial charge is 0.342 e. The molecule has 1 nitrogen and oxygen atoms in total. The van der Waals surface area contributed by atoms with E-state index >= 15 is 0 Å². The van der Waals surface area contributed by atoms with Gasteiger partial charge in [-0.15, -0.1) is 0 Å². The first kappa shape index (κ1) is 15.8. The van der Waals surface area contributed by atoms with E-state index in [0.29, 0.717) is 0 Å². The second-order valence-corrected chi connectivity index (χ2v) is 6.79. The van der Waals surface area contributed by atoms with Gasteiger partial charge in [-0.05, 0) is 73.6 Å². The first-order valence-electron chi connectivity index (χ1n) is 9.13. The monoisotopic (exact) mass is 325 g/mol. The first-order valence-corrected chi connectivity index (χ1v) is 9.13. The van der Waals surface area contributed by atoms with E-state index in [9.17, 15) is 0 Å². The SMILES string of the molecule is C=C1C=C(C2CC2)C2=CCC(C#Cc3ccccc3)=CC=C2N1CC. The Morgan fingerprint density at radius 3 is 2.64 bits per heavy atom. The maximum absolute atomic E-state index is 4.28. The Kier molecular flexibility index (Phi) is 4.20. The Hall–Kier alpha value is -2.72. The summed E-state index contributed by atoms with van der Waals surface area (Å²) in [5.41, 5.74) is 7.49. The van der Waals surface area contributed by atoms with Gasteiger partial charge in [-0.25, -0.2) is 0 Å². The van der Waals surface area contributed by atoms with Crippen LogP contribution in [-0.4, -0.2) is 11.4 Å². The summed E-state index contributed by atoms with van der Waals surface area (Å²) in [7, 11) is 0. The minimum Gasteiger partial charge on any atom is -0.342 e. The van der Waals surface area contributed by atoms with Gasteiger partial charge < -0.3 is 4.90 Å². The third kappa shape index (κ3) is 3.26. The molecule has 0 aromatic heterocycles. The highest BCUT2D eigenvalue weighted by Gasteiger charge is 2.33. The van der Waals surface area contributed by atoms with Gasteiger partial charge in [-0.2, -0.15) is 0 Å². The van der Waals surface area contributed by atoms with Crippen LogP contribution in [0, 0.1) is 17.8 Å². The van der Waals surface area contributed by atoms with E-state index in [2.05, 4.69) is 66.7 Å². The van der Waals surface area contributed by atoms with Gasteiger partial charge in [0.25, 0.3) is 0 Å². The topological polar surface area (TPSA) is 3.24 Å². The van der Waals surface area contributed by atoms with Crippen molar-refractivity contribution in [2.75, 3.05) is 6.54 Å². The molecule has 0 radical (unpaired) electrons. The van der Waals surface area contributed by atoms with Crippen LogP contribution in [-0.2, 0) is 0 Å². The van der Waals surface area contributed by atoms with Crippen LogP contribution in [0.4, 0.5) is 0 Å². The first-order chi connectivity index (χ1) is 12.3. The maximum atomic E-state index is 4.28.